The van der Waals surface area contributed by atoms with Crippen LogP contribution in [0.5, 0.6) is 11.5 Å². The summed E-state index contributed by atoms with van der Waals surface area (Å²) >= 11 is 0. The molecule has 0 amide bonds. The van der Waals surface area contributed by atoms with Gasteiger partial charge in [-0.15, -0.1) is 0 Å². The predicted molar refractivity (Wildman–Crippen MR) is 74.7 cm³/mol. The third-order valence-corrected chi connectivity index (χ3v) is 2.69. The highest BCUT2D eigenvalue weighted by Crippen LogP contribution is 2.27. The molecule has 3 nitrogen and oxygen atoms in total. The molecule has 0 atom stereocenters. The van der Waals surface area contributed by atoms with Crippen LogP contribution in [0.2, 0.25) is 0 Å². The number of hydrogen-bond donors (Lipinski definition) is 1. The fourth-order valence-electron chi connectivity index (χ4n) is 1.85. The fourth-order valence-corrected chi connectivity index (χ4v) is 1.85. The maximum atomic E-state index is 10.8. The molecule has 0 aliphatic heterocycles. The fraction of sp³-hybridized carbons (Fsp3) is 0.188. The lowest BCUT2D eigenvalue weighted by atomic mass is 10.0. The summed E-state index contributed by atoms with van der Waals surface area (Å²) < 4.78 is 5.64. The van der Waals surface area contributed by atoms with Gasteiger partial charge in [0.05, 0.1) is 11.7 Å². The number of aldehydes is 1. The van der Waals surface area contributed by atoms with Gasteiger partial charge in [-0.25, -0.2) is 0 Å². The van der Waals surface area contributed by atoms with E-state index in [0.717, 1.165) is 16.9 Å². The molecule has 0 fully saturated rings. The van der Waals surface area contributed by atoms with Crippen LogP contribution in [0.1, 0.15) is 24.2 Å². The third kappa shape index (κ3) is 3.13. The summed E-state index contributed by atoms with van der Waals surface area (Å²) in [5, 5.41) is 9.50. The Labute approximate surface area is 112 Å². The molecule has 1 N–H and O–H groups in total. The number of phenols is 1. The van der Waals surface area contributed by atoms with Crippen molar-refractivity contribution in [3.8, 4) is 22.6 Å². The number of hydrogen-bond acceptors (Lipinski definition) is 3. The molecule has 2 aromatic rings. The average Bonchev–Trinajstić information content (AvgIpc) is 2.39. The Bertz CT molecular complexity index is 588. The molecule has 0 aliphatic carbocycles. The molecule has 2 rings (SSSR count). The van der Waals surface area contributed by atoms with Crippen molar-refractivity contribution in [2.24, 2.45) is 0 Å². The molecule has 0 radical (unpaired) electrons. The number of ether oxygens (including phenoxy) is 1. The maximum Gasteiger partial charge on any atom is 0.153 e. The first-order chi connectivity index (χ1) is 9.10. The van der Waals surface area contributed by atoms with E-state index in [1.807, 2.05) is 38.1 Å². The summed E-state index contributed by atoms with van der Waals surface area (Å²) in [6.45, 7) is 3.94. The zero-order valence-corrected chi connectivity index (χ0v) is 11.0. The van der Waals surface area contributed by atoms with Crippen molar-refractivity contribution in [2.75, 3.05) is 0 Å². The zero-order chi connectivity index (χ0) is 13.8. The van der Waals surface area contributed by atoms with Crippen LogP contribution in [0.4, 0.5) is 0 Å². The molecular formula is C16H16O3. The van der Waals surface area contributed by atoms with Gasteiger partial charge in [0.2, 0.25) is 0 Å². The maximum absolute atomic E-state index is 10.8. The Balaban J connectivity index is 2.38. The van der Waals surface area contributed by atoms with Gasteiger partial charge in [0.25, 0.3) is 0 Å². The first kappa shape index (κ1) is 13.1. The molecule has 19 heavy (non-hydrogen) atoms. The van der Waals surface area contributed by atoms with Crippen molar-refractivity contribution < 1.29 is 14.6 Å². The molecule has 0 saturated heterocycles. The standard InChI is InChI=1S/C16H16O3/c1-11(2)19-15-5-3-4-12(9-15)13-6-7-16(18)14(8-13)10-17/h3-11,18H,1-2H3. The zero-order valence-electron chi connectivity index (χ0n) is 11.0. The first-order valence-electron chi connectivity index (χ1n) is 6.15. The lowest BCUT2D eigenvalue weighted by Gasteiger charge is -2.11. The third-order valence-electron chi connectivity index (χ3n) is 2.69. The van der Waals surface area contributed by atoms with Crippen molar-refractivity contribution in [3.05, 3.63) is 48.0 Å². The second kappa shape index (κ2) is 5.57. The second-order valence-corrected chi connectivity index (χ2v) is 4.59. The Hall–Kier alpha value is -2.29. The molecule has 0 heterocycles. The number of benzene rings is 2. The topological polar surface area (TPSA) is 46.5 Å². The molecule has 0 bridgehead atoms. The van der Waals surface area contributed by atoms with Gasteiger partial charge in [0.15, 0.2) is 6.29 Å². The number of carbonyl (C=O) groups is 1. The van der Waals surface area contributed by atoms with Gasteiger partial charge in [-0.3, -0.25) is 4.79 Å². The molecular weight excluding hydrogens is 240 g/mol. The highest BCUT2D eigenvalue weighted by molar-refractivity contribution is 5.82. The molecule has 98 valence electrons. The lowest BCUT2D eigenvalue weighted by Crippen LogP contribution is -2.05. The highest BCUT2D eigenvalue weighted by atomic mass is 16.5. The summed E-state index contributed by atoms with van der Waals surface area (Å²) in [5.74, 6) is 0.779. The van der Waals surface area contributed by atoms with Gasteiger partial charge in [-0.1, -0.05) is 18.2 Å². The molecule has 2 aromatic carbocycles. The summed E-state index contributed by atoms with van der Waals surface area (Å²) in [7, 11) is 0. The van der Waals surface area contributed by atoms with E-state index in [-0.39, 0.29) is 17.4 Å². The lowest BCUT2D eigenvalue weighted by molar-refractivity contribution is 0.112. The Morgan fingerprint density at radius 3 is 2.53 bits per heavy atom. The monoisotopic (exact) mass is 256 g/mol. The minimum atomic E-state index is -0.00617. The largest absolute Gasteiger partial charge is 0.507 e. The number of aromatic hydroxyl groups is 1. The van der Waals surface area contributed by atoms with Gasteiger partial charge >= 0.3 is 0 Å². The van der Waals surface area contributed by atoms with Gasteiger partial charge in [-0.05, 0) is 49.2 Å². The van der Waals surface area contributed by atoms with E-state index in [9.17, 15) is 9.90 Å². The second-order valence-electron chi connectivity index (χ2n) is 4.59. The van der Waals surface area contributed by atoms with Crippen molar-refractivity contribution >= 4 is 6.29 Å². The minimum absolute atomic E-state index is 0.00617. The summed E-state index contributed by atoms with van der Waals surface area (Å²) in [4.78, 5) is 10.8. The van der Waals surface area contributed by atoms with Gasteiger partial charge in [0, 0.05) is 0 Å². The Kier molecular flexibility index (Phi) is 3.85. The van der Waals surface area contributed by atoms with Crippen molar-refractivity contribution in [1.82, 2.24) is 0 Å². The highest BCUT2D eigenvalue weighted by Gasteiger charge is 2.05. The van der Waals surface area contributed by atoms with E-state index in [1.54, 1.807) is 12.1 Å². The first-order valence-corrected chi connectivity index (χ1v) is 6.15. The van der Waals surface area contributed by atoms with Crippen LogP contribution in [-0.4, -0.2) is 17.5 Å². The smallest absolute Gasteiger partial charge is 0.153 e. The van der Waals surface area contributed by atoms with E-state index in [0.29, 0.717) is 6.29 Å². The van der Waals surface area contributed by atoms with Crippen LogP contribution >= 0.6 is 0 Å². The van der Waals surface area contributed by atoms with Crippen molar-refractivity contribution in [2.45, 2.75) is 20.0 Å². The molecule has 0 aromatic heterocycles. The number of phenolic OH excluding ortho intramolecular Hbond substituents is 1. The molecule has 0 aliphatic rings. The minimum Gasteiger partial charge on any atom is -0.507 e. The van der Waals surface area contributed by atoms with Gasteiger partial charge in [0.1, 0.15) is 11.5 Å². The van der Waals surface area contributed by atoms with Crippen LogP contribution in [0, 0.1) is 0 Å². The normalized spacial score (nSPS) is 10.5. The van der Waals surface area contributed by atoms with Crippen LogP contribution in [-0.2, 0) is 0 Å². The molecule has 0 saturated carbocycles. The quantitative estimate of drug-likeness (QED) is 0.849. The molecule has 0 spiro atoms. The summed E-state index contributed by atoms with van der Waals surface area (Å²) in [5.41, 5.74) is 2.10. The van der Waals surface area contributed by atoms with Crippen LogP contribution in [0.15, 0.2) is 42.5 Å². The van der Waals surface area contributed by atoms with Crippen LogP contribution < -0.4 is 4.74 Å². The Morgan fingerprint density at radius 2 is 1.84 bits per heavy atom. The van der Waals surface area contributed by atoms with Crippen LogP contribution in [0.3, 0.4) is 0 Å². The molecule has 0 unspecified atom stereocenters. The SMILES string of the molecule is CC(C)Oc1cccc(-c2ccc(O)c(C=O)c2)c1. The Morgan fingerprint density at radius 1 is 1.11 bits per heavy atom. The van der Waals surface area contributed by atoms with E-state index in [4.69, 9.17) is 4.74 Å². The number of rotatable bonds is 4. The van der Waals surface area contributed by atoms with Crippen molar-refractivity contribution in [1.29, 1.82) is 0 Å². The average molecular weight is 256 g/mol. The predicted octanol–water partition coefficient (Wildman–Crippen LogP) is 3.66. The van der Waals surface area contributed by atoms with E-state index >= 15 is 0 Å². The van der Waals surface area contributed by atoms with E-state index in [2.05, 4.69) is 0 Å². The summed E-state index contributed by atoms with van der Waals surface area (Å²) in [6.07, 6.45) is 0.758. The van der Waals surface area contributed by atoms with E-state index < -0.39 is 0 Å². The van der Waals surface area contributed by atoms with Gasteiger partial charge < -0.3 is 9.84 Å². The van der Waals surface area contributed by atoms with Crippen molar-refractivity contribution in [3.63, 3.8) is 0 Å². The molecule has 3 heteroatoms. The van der Waals surface area contributed by atoms with Gasteiger partial charge in [-0.2, -0.15) is 0 Å². The van der Waals surface area contributed by atoms with E-state index in [1.165, 1.54) is 6.07 Å². The van der Waals surface area contributed by atoms with Crippen LogP contribution in [0.25, 0.3) is 11.1 Å². The number of carbonyl (C=O) groups excluding carboxylic acids is 1. The summed E-state index contributed by atoms with van der Waals surface area (Å²) in [6, 6.07) is 12.6.